The maximum atomic E-state index is 15.4. The number of fused-ring (bicyclic) bond motifs is 5. The number of nitrogens with one attached hydrogen (secondary N) is 5. The topological polar surface area (TPSA) is 613 Å². The first-order valence-electron chi connectivity index (χ1n) is 44.3. The number of Topliss-reactive ketones (excluding diaryl/α,β-unsaturated/α-hetero) is 2. The summed E-state index contributed by atoms with van der Waals surface area (Å²) in [5, 5.41) is 113. The Morgan fingerprint density at radius 2 is 1.35 bits per heavy atom. The van der Waals surface area contributed by atoms with Gasteiger partial charge < -0.3 is 138 Å². The van der Waals surface area contributed by atoms with Crippen LogP contribution in [0.1, 0.15) is 168 Å². The zero-order chi connectivity index (χ0) is 97.6. The Labute approximate surface area is 767 Å². The number of aryl methyl sites for hydroxylation is 2. The molecular weight excluding hydrogens is 1760 g/mol. The SMILES string of the molecule is CCOC(=O)[C@H](CCCCNC(=O)COCC(=O)O[C@@H](C(=O)O[C@H]1C[C@@]2(O)[C@@H](OC(=O)c3ccccc3)[C@@H]3[C@]4(OC(C)=O)CO[C@@H]4C[C@H](O)[C@@]3(C)C(=O)[C@H](O)C(=C1C)C2(C)C)C(NC(=O)OC(C)(C)C)c1ccccc1)CC(=O)CNC(=O)CNC(=O)CCCc1cn(CCCC[C@H](NC(=O)O[C@@H]2C(O)[C@@H](OC)OC(CO[C@@H]3OC(COC)[C@@H](O)[C@H](O)C3O)[C@H]2O)C(=O)OCC)nn1. The molecule has 44 nitrogen and oxygen atoms in total. The van der Waals surface area contributed by atoms with Crippen LogP contribution in [0, 0.1) is 22.7 Å². The van der Waals surface area contributed by atoms with Gasteiger partial charge in [0.1, 0.15) is 104 Å². The zero-order valence-electron chi connectivity index (χ0n) is 76.5. The molecule has 738 valence electrons. The van der Waals surface area contributed by atoms with Gasteiger partial charge in [0.05, 0.1) is 80.7 Å². The van der Waals surface area contributed by atoms with Crippen molar-refractivity contribution < 1.29 is 174 Å². The van der Waals surface area contributed by atoms with Crippen LogP contribution in [0.2, 0.25) is 0 Å². The van der Waals surface area contributed by atoms with Crippen molar-refractivity contribution in [3.63, 3.8) is 0 Å². The number of hydrogen-bond donors (Lipinski definition) is 13. The quantitative estimate of drug-likeness (QED) is 0.0152. The van der Waals surface area contributed by atoms with E-state index < -0.39 is 273 Å². The number of aliphatic hydroxyl groups is 8. The third-order valence-electron chi connectivity index (χ3n) is 24.5. The van der Waals surface area contributed by atoms with E-state index in [1.165, 1.54) is 66.2 Å². The van der Waals surface area contributed by atoms with Crippen molar-refractivity contribution in [2.75, 3.05) is 80.1 Å². The fourth-order valence-electron chi connectivity index (χ4n) is 17.6. The molecule has 44 heteroatoms. The molecule has 3 aromatic rings. The highest BCUT2D eigenvalue weighted by Gasteiger charge is 2.78. The van der Waals surface area contributed by atoms with E-state index in [1.807, 2.05) is 0 Å². The van der Waals surface area contributed by atoms with Crippen LogP contribution in [-0.2, 0) is 132 Å². The van der Waals surface area contributed by atoms with Gasteiger partial charge in [-0.15, -0.1) is 5.10 Å². The molecular formula is C89H126N8O36. The molecule has 5 fully saturated rings. The molecule has 2 aromatic carbocycles. The number of aromatic nitrogens is 3. The monoisotopic (exact) mass is 1880 g/mol. The van der Waals surface area contributed by atoms with Gasteiger partial charge >= 0.3 is 48.0 Å². The average Bonchev–Trinajstić information content (AvgIpc) is 1.34. The number of alkyl carbamates (subject to hydrolysis) is 2. The van der Waals surface area contributed by atoms with Gasteiger partial charge in [-0.2, -0.15) is 0 Å². The lowest BCUT2D eigenvalue weighted by molar-refractivity contribution is -0.346. The highest BCUT2D eigenvalue weighted by molar-refractivity contribution is 5.95. The second-order valence-corrected chi connectivity index (χ2v) is 35.3. The average molecular weight is 1880 g/mol. The number of carbonyl (C=O) groups excluding carboxylic acids is 13. The van der Waals surface area contributed by atoms with E-state index in [4.69, 9.17) is 71.1 Å². The molecule has 1 aromatic heterocycles. The zero-order valence-corrected chi connectivity index (χ0v) is 76.5. The number of carbonyl (C=O) groups is 13. The molecule has 4 heterocycles. The van der Waals surface area contributed by atoms with Gasteiger partial charge in [0.15, 0.2) is 35.9 Å². The van der Waals surface area contributed by atoms with Gasteiger partial charge in [0.2, 0.25) is 23.8 Å². The lowest BCUT2D eigenvalue weighted by Crippen LogP contribution is -2.81. The van der Waals surface area contributed by atoms with Crippen molar-refractivity contribution in [2.24, 2.45) is 22.7 Å². The second kappa shape index (κ2) is 47.8. The molecule has 0 radical (unpaired) electrons. The third-order valence-corrected chi connectivity index (χ3v) is 24.5. The molecule has 13 N–H and O–H groups in total. The highest BCUT2D eigenvalue weighted by Crippen LogP contribution is 2.64. The summed E-state index contributed by atoms with van der Waals surface area (Å²) in [6.07, 6.45) is -26.4. The first-order valence-corrected chi connectivity index (χ1v) is 44.3. The summed E-state index contributed by atoms with van der Waals surface area (Å²) < 4.78 is 86.0. The minimum atomic E-state index is -2.56. The van der Waals surface area contributed by atoms with Gasteiger partial charge in [0.25, 0.3) is 0 Å². The van der Waals surface area contributed by atoms with E-state index in [2.05, 4.69) is 36.9 Å². The van der Waals surface area contributed by atoms with Crippen molar-refractivity contribution in [2.45, 2.75) is 280 Å². The van der Waals surface area contributed by atoms with Crippen LogP contribution in [0.4, 0.5) is 9.59 Å². The van der Waals surface area contributed by atoms with E-state index in [0.717, 1.165) is 6.92 Å². The van der Waals surface area contributed by atoms with Crippen molar-refractivity contribution in [1.29, 1.82) is 0 Å². The standard InChI is InChI=1S/C89H126N8O36/c1-13-122-77(112)51(36-53(99)39-91-61(102)40-92-60(101)33-25-31-52-41-97(96-95-52)35-24-22-32-54(79(114)123-14-2)93-83(116)130-73-67(106)57(127-81(120-12)71(73)110)43-124-82-70(109)69(108)66(105)56(128-82)42-119-11)30-21-23-34-90-62(103)44-121-45-63(104)129-72(65(49-26-17-15-18-27-49)94-84(117)133-85(5,6)7)80(115)126-55-38-89(118)76(131-78(113)50-28-19-16-20-29-50)74-87(10,75(111)68(107)64(47(55)3)86(89,8)9)58(100)37-59-88(74,46-125-59)132-48(4)98/h15-20,26-29,41,51,54-59,65-74,76,81-82,100,105-110,118H,13-14,21-25,30-40,42-46H2,1-12H3,(H,90,103)(H,91,102)(H,92,101)(H,93,116)(H,94,117)/t51-,54+,55+,56?,57?,58+,59-,65?,66-,67-,68-,69+,70?,71?,72-,73+,74+,76+,81+,82-,87-,88+,89-/m1/s1. The van der Waals surface area contributed by atoms with E-state index >= 15 is 9.59 Å². The Kier molecular flexibility index (Phi) is 38.3. The Morgan fingerprint density at radius 1 is 0.692 bits per heavy atom. The number of nitrogens with zero attached hydrogens (tertiary/aromatic N) is 3. The lowest BCUT2D eigenvalue weighted by Gasteiger charge is -2.67. The van der Waals surface area contributed by atoms with Crippen LogP contribution in [-0.4, -0.2) is 334 Å². The van der Waals surface area contributed by atoms with Crippen molar-refractivity contribution in [1.82, 2.24) is 41.6 Å². The van der Waals surface area contributed by atoms with Crippen LogP contribution in [0.5, 0.6) is 0 Å². The number of ketones is 2. The molecule has 3 saturated heterocycles. The number of esters is 6. The van der Waals surface area contributed by atoms with E-state index in [9.17, 15) is 93.6 Å². The van der Waals surface area contributed by atoms with E-state index in [-0.39, 0.29) is 93.6 Å². The number of rotatable bonds is 45. The fraction of sp³-hybridized carbons (Fsp3) is 0.674. The summed E-state index contributed by atoms with van der Waals surface area (Å²) in [6.45, 7) is 11.1. The molecule has 3 aliphatic heterocycles. The highest BCUT2D eigenvalue weighted by atomic mass is 16.7. The first kappa shape index (κ1) is 107. The Hall–Kier alpha value is -10.2. The Bertz CT molecular complexity index is 4530. The van der Waals surface area contributed by atoms with E-state index in [0.29, 0.717) is 37.9 Å². The number of aliphatic hydroxyl groups excluding tert-OH is 7. The molecule has 9 rings (SSSR count). The van der Waals surface area contributed by atoms with Crippen LogP contribution < -0.4 is 26.6 Å². The van der Waals surface area contributed by atoms with Gasteiger partial charge in [0, 0.05) is 71.5 Å². The molecule has 23 atom stereocenters. The van der Waals surface area contributed by atoms with Gasteiger partial charge in [-0.3, -0.25) is 38.2 Å². The summed E-state index contributed by atoms with van der Waals surface area (Å²) in [5.74, 6) is -12.1. The smallest absolute Gasteiger partial charge is 0.408 e. The number of ether oxygens (including phenoxy) is 15. The predicted molar refractivity (Wildman–Crippen MR) is 454 cm³/mol. The molecule has 0 spiro atoms. The summed E-state index contributed by atoms with van der Waals surface area (Å²) in [6, 6.07) is 12.4. The molecule has 5 amide bonds. The number of unbranched alkanes of at least 4 members (excludes halogenated alkanes) is 2. The molecule has 133 heavy (non-hydrogen) atoms. The molecule has 2 saturated carbocycles. The Balaban J connectivity index is 0.718. The lowest BCUT2D eigenvalue weighted by atomic mass is 9.44. The van der Waals surface area contributed by atoms with Crippen molar-refractivity contribution in [3.8, 4) is 0 Å². The number of benzene rings is 2. The summed E-state index contributed by atoms with van der Waals surface area (Å²) in [5.41, 5.74) is -9.03. The summed E-state index contributed by atoms with van der Waals surface area (Å²) in [4.78, 5) is 178. The molecule has 6 aliphatic rings. The van der Waals surface area contributed by atoms with Crippen molar-refractivity contribution in [3.05, 3.63) is 94.8 Å². The van der Waals surface area contributed by atoms with Crippen LogP contribution in [0.25, 0.3) is 0 Å². The van der Waals surface area contributed by atoms with Crippen LogP contribution >= 0.6 is 0 Å². The van der Waals surface area contributed by atoms with Crippen LogP contribution in [0.3, 0.4) is 0 Å². The van der Waals surface area contributed by atoms with Gasteiger partial charge in [-0.05, 0) is 122 Å². The van der Waals surface area contributed by atoms with E-state index in [1.54, 1.807) is 81.9 Å². The summed E-state index contributed by atoms with van der Waals surface area (Å²) in [7, 11) is 2.50. The third kappa shape index (κ3) is 26.7. The van der Waals surface area contributed by atoms with Crippen molar-refractivity contribution >= 4 is 77.3 Å². The maximum Gasteiger partial charge on any atom is 0.408 e. The second-order valence-electron chi connectivity index (χ2n) is 35.3. The minimum Gasteiger partial charge on any atom is -0.466 e. The predicted octanol–water partition coefficient (Wildman–Crippen LogP) is -0.141. The number of hydrogen-bond acceptors (Lipinski definition) is 38. The van der Waals surface area contributed by atoms with Gasteiger partial charge in [-0.25, -0.2) is 28.8 Å². The Morgan fingerprint density at radius 3 is 2.01 bits per heavy atom. The number of methoxy groups -OCH3 is 2. The first-order chi connectivity index (χ1) is 63.0. The normalized spacial score (nSPS) is 28.5. The molecule has 2 bridgehead atoms. The maximum absolute atomic E-state index is 15.4. The molecule has 5 unspecified atom stereocenters. The fourth-order valence-corrected chi connectivity index (χ4v) is 17.6. The molecule has 3 aliphatic carbocycles. The largest absolute Gasteiger partial charge is 0.466 e. The summed E-state index contributed by atoms with van der Waals surface area (Å²) >= 11 is 0. The minimum absolute atomic E-state index is 0.00666. The van der Waals surface area contributed by atoms with Gasteiger partial charge in [-0.1, -0.05) is 74.0 Å². The van der Waals surface area contributed by atoms with Crippen LogP contribution in [0.15, 0.2) is 78.0 Å². The number of amides is 5.